The summed E-state index contributed by atoms with van der Waals surface area (Å²) in [5.41, 5.74) is 22.5. The SMILES string of the molecule is CC(NC(=O)C(CO)NC(=O)C1CCN=C(C(CCC(N)=O)NC(=O)C(CC(N)=O)N(O)C(=O)CNC(=O)CNC(=O)C(CCCCN)NC(=O)C(C)NC(=O)C2CCNC3C(NC(=O)CCC(N)=O)=Cc4cc(O)c(O)cc4N23)N1)C(=O)NC1CCCN(C)C1=O. The number of nitrogens with zero attached hydrogens (tertiary/aromatic N) is 4. The number of nitrogens with two attached hydrogens (primary N) is 4. The predicted molar refractivity (Wildman–Crippen MR) is 321 cm³/mol. The van der Waals surface area contributed by atoms with Crippen LogP contribution in [0.4, 0.5) is 5.69 Å². The molecule has 0 aliphatic carbocycles. The summed E-state index contributed by atoms with van der Waals surface area (Å²) in [6.45, 7) is 0.781. The van der Waals surface area contributed by atoms with Gasteiger partial charge in [0, 0.05) is 51.0 Å². The van der Waals surface area contributed by atoms with E-state index in [0.717, 1.165) is 0 Å². The van der Waals surface area contributed by atoms with Gasteiger partial charge >= 0.3 is 0 Å². The number of amides is 14. The number of fused-ring (bicyclic) bond motifs is 3. The van der Waals surface area contributed by atoms with Crippen molar-refractivity contribution in [1.82, 2.24) is 68.4 Å². The van der Waals surface area contributed by atoms with Gasteiger partial charge < -0.3 is 101 Å². The van der Waals surface area contributed by atoms with Gasteiger partial charge in [0.1, 0.15) is 60.3 Å². The van der Waals surface area contributed by atoms with Crippen LogP contribution in [-0.2, 0) is 67.1 Å². The van der Waals surface area contributed by atoms with E-state index in [9.17, 15) is 87.7 Å². The summed E-state index contributed by atoms with van der Waals surface area (Å²) in [6, 6.07) is -9.44. The number of piperidine rings is 1. The van der Waals surface area contributed by atoms with Crippen molar-refractivity contribution < 1.29 is 87.7 Å². The molecule has 0 radical (unpaired) electrons. The van der Waals surface area contributed by atoms with Crippen LogP contribution in [0.25, 0.3) is 6.08 Å². The van der Waals surface area contributed by atoms with Crippen molar-refractivity contribution in [2.75, 3.05) is 57.8 Å². The van der Waals surface area contributed by atoms with Gasteiger partial charge in [-0.25, -0.2) is 5.06 Å². The highest BCUT2D eigenvalue weighted by molar-refractivity contribution is 6.01. The molecule has 37 heteroatoms. The smallest absolute Gasteiger partial charge is 0.266 e. The summed E-state index contributed by atoms with van der Waals surface area (Å²) in [4.78, 5) is 189. The number of aliphatic hydroxyl groups excluding tert-OH is 1. The van der Waals surface area contributed by atoms with Crippen molar-refractivity contribution in [1.29, 1.82) is 0 Å². The number of hydrogen-bond acceptors (Lipinski definition) is 23. The molecule has 0 aromatic heterocycles. The van der Waals surface area contributed by atoms with Crippen LogP contribution in [0.3, 0.4) is 0 Å². The number of unbranched alkanes of at least 4 members (excludes halogenated alkanes) is 1. The Kier molecular flexibility index (Phi) is 27.3. The molecule has 0 spiro atoms. The number of aliphatic hydroxyl groups is 1. The van der Waals surface area contributed by atoms with Gasteiger partial charge in [-0.2, -0.15) is 0 Å². The minimum atomic E-state index is -2.09. The number of aliphatic imine (C=N–C) groups is 1. The topological polar surface area (TPSA) is 578 Å². The van der Waals surface area contributed by atoms with Crippen molar-refractivity contribution in [2.45, 2.75) is 151 Å². The molecular weight excluding hydrogens is 1210 g/mol. The van der Waals surface area contributed by atoms with E-state index < -0.39 is 181 Å². The fraction of sp³-hybridized carbons (Fsp3) is 0.582. The second kappa shape index (κ2) is 34.4. The first-order chi connectivity index (χ1) is 43.5. The summed E-state index contributed by atoms with van der Waals surface area (Å²) in [5.74, 6) is -13.3. The van der Waals surface area contributed by atoms with E-state index in [1.807, 2.05) is 0 Å². The van der Waals surface area contributed by atoms with E-state index in [-0.39, 0.29) is 86.3 Å². The lowest BCUT2D eigenvalue weighted by Crippen LogP contribution is -2.65. The van der Waals surface area contributed by atoms with E-state index >= 15 is 0 Å². The molecule has 0 bridgehead atoms. The highest BCUT2D eigenvalue weighted by Crippen LogP contribution is 2.41. The summed E-state index contributed by atoms with van der Waals surface area (Å²) in [5, 5.41) is 69.9. The van der Waals surface area contributed by atoms with Gasteiger partial charge in [0.2, 0.25) is 76.8 Å². The highest BCUT2D eigenvalue weighted by atomic mass is 16.5. The maximum Gasteiger partial charge on any atom is 0.266 e. The number of hydroxylamine groups is 2. The van der Waals surface area contributed by atoms with Gasteiger partial charge in [-0.15, -0.1) is 0 Å². The zero-order valence-corrected chi connectivity index (χ0v) is 51.0. The highest BCUT2D eigenvalue weighted by Gasteiger charge is 2.42. The van der Waals surface area contributed by atoms with Crippen molar-refractivity contribution in [3.05, 3.63) is 23.4 Å². The monoisotopic (exact) mass is 1300 g/mol. The maximum absolute atomic E-state index is 14.1. The van der Waals surface area contributed by atoms with Crippen LogP contribution >= 0.6 is 0 Å². The zero-order valence-electron chi connectivity index (χ0n) is 51.0. The number of hydrogen-bond donors (Lipinski definition) is 19. The molecule has 37 nitrogen and oxygen atoms in total. The molecule has 2 saturated heterocycles. The lowest BCUT2D eigenvalue weighted by Gasteiger charge is -2.47. The van der Waals surface area contributed by atoms with Crippen LogP contribution in [-0.4, -0.2) is 232 Å². The number of rotatable bonds is 33. The van der Waals surface area contributed by atoms with Crippen LogP contribution in [0.1, 0.15) is 96.5 Å². The molecule has 4 aliphatic heterocycles. The molecule has 4 heterocycles. The lowest BCUT2D eigenvalue weighted by atomic mass is 9.96. The van der Waals surface area contributed by atoms with E-state index in [1.165, 1.54) is 37.0 Å². The van der Waals surface area contributed by atoms with Crippen molar-refractivity contribution >= 4 is 100 Å². The van der Waals surface area contributed by atoms with Crippen LogP contribution in [0.5, 0.6) is 11.5 Å². The van der Waals surface area contributed by atoms with Crippen molar-refractivity contribution in [3.63, 3.8) is 0 Å². The first-order valence-electron chi connectivity index (χ1n) is 29.7. The third kappa shape index (κ3) is 20.9. The Balaban J connectivity index is 1.16. The average Bonchev–Trinajstić information content (AvgIpc) is 0.753. The summed E-state index contributed by atoms with van der Waals surface area (Å²) in [6.07, 6.45) is 0.307. The Labute approximate surface area is 527 Å². The Morgan fingerprint density at radius 1 is 0.739 bits per heavy atom. The second-order valence-electron chi connectivity index (χ2n) is 22.3. The molecule has 4 aliphatic rings. The molecule has 1 aromatic carbocycles. The van der Waals surface area contributed by atoms with Crippen molar-refractivity contribution in [3.8, 4) is 11.5 Å². The Morgan fingerprint density at radius 2 is 1.43 bits per heavy atom. The summed E-state index contributed by atoms with van der Waals surface area (Å²) >= 11 is 0. The van der Waals surface area contributed by atoms with Crippen LogP contribution in [0, 0.1) is 0 Å². The van der Waals surface area contributed by atoms with E-state index in [1.54, 1.807) is 11.9 Å². The number of aromatic hydroxyl groups is 2. The van der Waals surface area contributed by atoms with Gasteiger partial charge in [0.25, 0.3) is 5.91 Å². The number of primary amides is 3. The van der Waals surface area contributed by atoms with Gasteiger partial charge in [0.05, 0.1) is 43.5 Å². The Morgan fingerprint density at radius 3 is 2.11 bits per heavy atom. The normalized spacial score (nSPS) is 19.4. The number of phenolic OH excluding ortho intramolecular Hbond substituents is 2. The van der Waals surface area contributed by atoms with Gasteiger partial charge in [-0.1, -0.05) is 0 Å². The van der Waals surface area contributed by atoms with E-state index in [2.05, 4.69) is 63.5 Å². The number of carbonyl (C=O) groups excluding carboxylic acids is 14. The molecule has 10 unspecified atom stereocenters. The molecule has 23 N–H and O–H groups in total. The van der Waals surface area contributed by atoms with Crippen LogP contribution in [0.15, 0.2) is 22.8 Å². The van der Waals surface area contributed by atoms with Crippen molar-refractivity contribution in [2.24, 2.45) is 27.9 Å². The molecular formula is C55H83N19O18. The van der Waals surface area contributed by atoms with Crippen LogP contribution in [0.2, 0.25) is 0 Å². The molecule has 10 atom stereocenters. The maximum atomic E-state index is 14.1. The number of anilines is 1. The number of carbonyl (C=O) groups is 14. The summed E-state index contributed by atoms with van der Waals surface area (Å²) < 4.78 is 0. The molecule has 2 fully saturated rings. The van der Waals surface area contributed by atoms with E-state index in [4.69, 9.17) is 22.9 Å². The fourth-order valence-corrected chi connectivity index (χ4v) is 10.2. The molecule has 0 saturated carbocycles. The fourth-order valence-electron chi connectivity index (χ4n) is 10.2. The van der Waals surface area contributed by atoms with E-state index in [0.29, 0.717) is 37.8 Å². The number of phenols is 2. The largest absolute Gasteiger partial charge is 0.504 e. The predicted octanol–water partition coefficient (Wildman–Crippen LogP) is -8.63. The third-order valence-electron chi connectivity index (χ3n) is 15.2. The first-order valence-corrected chi connectivity index (χ1v) is 29.7. The molecule has 92 heavy (non-hydrogen) atoms. The standard InChI is InChI=1S/C55H83N19O18/c1-26(49(85)70-32-8-6-18-72(3)55(32)91)64-52(88)34(25-75)71-51(87)31-13-16-60-46(67-31)29(9-10-40(57)78)68-54(90)37(22-42(59)80)74(92)45(83)24-62-44(82)23-63-50(86)30(7-4-5-15-56)69-48(84)27(2)65-53(89)35-14-17-61-47-33(66-43(81)12-11-41(58)79)19-28-20-38(76)39(77)21-36(28)73(35)47/h19-21,26-27,29-32,34-35,37,47,61,75-77,92H,4-18,22-25,56H2,1-3H3,(H2,57,78)(H2,58,79)(H2,59,80)(H,60,67)(H,62,82)(H,63,86)(H,64,88)(H,65,89)(H,66,81)(H,68,90)(H,69,84)(H,70,85)(H,71,87). The number of benzene rings is 1. The molecule has 5 rings (SSSR count). The van der Waals surface area contributed by atoms with Gasteiger partial charge in [-0.3, -0.25) is 82.6 Å². The zero-order chi connectivity index (χ0) is 68.1. The van der Waals surface area contributed by atoms with Gasteiger partial charge in [-0.05, 0) is 90.4 Å². The number of nitrogens with one attached hydrogen (secondary N) is 11. The number of amidine groups is 1. The summed E-state index contributed by atoms with van der Waals surface area (Å²) in [7, 11) is 1.59. The lowest BCUT2D eigenvalue weighted by molar-refractivity contribution is -0.180. The molecule has 506 valence electrons. The minimum Gasteiger partial charge on any atom is -0.504 e. The quantitative estimate of drug-likeness (QED) is 0.0134. The molecule has 14 amide bonds. The van der Waals surface area contributed by atoms with Crippen LogP contribution < -0.4 is 86.3 Å². The Hall–Kier alpha value is -9.75. The average molecular weight is 1300 g/mol. The molecule has 1 aromatic rings. The Bertz CT molecular complexity index is 3040. The second-order valence-corrected chi connectivity index (χ2v) is 22.3. The first kappa shape index (κ1) is 73.0. The number of likely N-dealkylation sites (N-methyl/N-ethyl adjacent to an activating group) is 1. The third-order valence-corrected chi connectivity index (χ3v) is 15.2. The van der Waals surface area contributed by atoms with Gasteiger partial charge in [0.15, 0.2) is 11.5 Å². The minimum absolute atomic E-state index is 0.00229. The number of likely N-dealkylation sites (tertiary alicyclic amines) is 1.